The van der Waals surface area contributed by atoms with Crippen LogP contribution >= 0.6 is 11.3 Å². The average Bonchev–Trinajstić information content (AvgIpc) is 3.12. The quantitative estimate of drug-likeness (QED) is 0.719. The summed E-state index contributed by atoms with van der Waals surface area (Å²) < 4.78 is 0. The molecule has 1 atom stereocenters. The number of fused-ring (bicyclic) bond motifs is 1. The number of nitrogens with zero attached hydrogens (tertiary/aromatic N) is 3. The lowest BCUT2D eigenvalue weighted by Gasteiger charge is -2.33. The Bertz CT molecular complexity index is 1110. The second-order valence-electron chi connectivity index (χ2n) is 7.43. The number of piperidine rings is 1. The molecule has 0 radical (unpaired) electrons. The van der Waals surface area contributed by atoms with Crippen LogP contribution in [-0.2, 0) is 0 Å². The van der Waals surface area contributed by atoms with Gasteiger partial charge in [-0.25, -0.2) is 4.98 Å². The number of H-pyrrole nitrogens is 1. The molecule has 8 heteroatoms. The molecule has 0 spiro atoms. The van der Waals surface area contributed by atoms with Crippen LogP contribution in [0.5, 0.6) is 0 Å². The van der Waals surface area contributed by atoms with E-state index in [0.29, 0.717) is 23.5 Å². The highest BCUT2D eigenvalue weighted by Crippen LogP contribution is 2.39. The fraction of sp³-hybridized carbons (Fsp3) is 0.333. The number of carbonyl (C=O) groups is 2. The van der Waals surface area contributed by atoms with Crippen LogP contribution in [0, 0.1) is 0 Å². The van der Waals surface area contributed by atoms with Gasteiger partial charge in [-0.3, -0.25) is 14.4 Å². The highest BCUT2D eigenvalue weighted by Gasteiger charge is 2.31. The van der Waals surface area contributed by atoms with Gasteiger partial charge in [0.2, 0.25) is 5.56 Å². The normalized spacial score (nSPS) is 16.8. The molecule has 3 aromatic heterocycles. The molecule has 1 N–H and O–H groups in total. The molecule has 1 fully saturated rings. The second-order valence-corrected chi connectivity index (χ2v) is 8.43. The van der Waals surface area contributed by atoms with Crippen molar-refractivity contribution in [2.45, 2.75) is 18.8 Å². The molecule has 0 aliphatic carbocycles. The van der Waals surface area contributed by atoms with E-state index in [1.165, 1.54) is 23.6 Å². The highest BCUT2D eigenvalue weighted by atomic mass is 32.1. The molecule has 3 aromatic rings. The zero-order valence-electron chi connectivity index (χ0n) is 16.3. The maximum Gasteiger partial charge on any atom is 0.263 e. The first kappa shape index (κ1) is 19.3. The van der Waals surface area contributed by atoms with Crippen molar-refractivity contribution in [1.29, 1.82) is 0 Å². The zero-order chi connectivity index (χ0) is 20.5. The molecule has 1 unspecified atom stereocenters. The lowest BCUT2D eigenvalue weighted by Crippen LogP contribution is -2.39. The first-order chi connectivity index (χ1) is 14.0. The Labute approximate surface area is 172 Å². The fourth-order valence-electron chi connectivity index (χ4n) is 3.84. The van der Waals surface area contributed by atoms with E-state index in [-0.39, 0.29) is 23.3 Å². The number of hydrogen-bond donors (Lipinski definition) is 1. The number of likely N-dealkylation sites (tertiary alicyclic amines) is 1. The number of pyridine rings is 2. The van der Waals surface area contributed by atoms with Gasteiger partial charge in [0.15, 0.2) is 0 Å². The second kappa shape index (κ2) is 7.79. The van der Waals surface area contributed by atoms with Crippen LogP contribution in [0.1, 0.15) is 44.4 Å². The number of amides is 2. The fourth-order valence-corrected chi connectivity index (χ4v) is 5.09. The Kier molecular flexibility index (Phi) is 5.19. The molecule has 4 heterocycles. The number of hydrogen-bond acceptors (Lipinski definition) is 5. The van der Waals surface area contributed by atoms with Gasteiger partial charge in [0.05, 0.1) is 10.4 Å². The third-order valence-corrected chi connectivity index (χ3v) is 6.37. The van der Waals surface area contributed by atoms with Crippen LogP contribution < -0.4 is 5.56 Å². The van der Waals surface area contributed by atoms with Gasteiger partial charge in [-0.15, -0.1) is 11.3 Å². The van der Waals surface area contributed by atoms with Crippen LogP contribution in [-0.4, -0.2) is 58.8 Å². The SMILES string of the molecule is CN(C)C(=O)c1sc2ncccc2c1C1CCCN(C(=O)c2ccc(=O)[nH]c2)C1. The number of thiophene rings is 1. The average molecular weight is 410 g/mol. The minimum Gasteiger partial charge on any atom is -0.344 e. The Morgan fingerprint density at radius 2 is 2.10 bits per heavy atom. The van der Waals surface area contributed by atoms with Gasteiger partial charge in [-0.05, 0) is 30.5 Å². The van der Waals surface area contributed by atoms with E-state index >= 15 is 0 Å². The number of rotatable bonds is 3. The molecule has 150 valence electrons. The van der Waals surface area contributed by atoms with Gasteiger partial charge >= 0.3 is 0 Å². The van der Waals surface area contributed by atoms with Gasteiger partial charge in [0.1, 0.15) is 4.83 Å². The molecule has 7 nitrogen and oxygen atoms in total. The third-order valence-electron chi connectivity index (χ3n) is 5.25. The van der Waals surface area contributed by atoms with Crippen molar-refractivity contribution < 1.29 is 9.59 Å². The van der Waals surface area contributed by atoms with Gasteiger partial charge < -0.3 is 14.8 Å². The Balaban J connectivity index is 1.69. The predicted octanol–water partition coefficient (Wildman–Crippen LogP) is 2.71. The van der Waals surface area contributed by atoms with Crippen molar-refractivity contribution in [3.8, 4) is 0 Å². The minimum atomic E-state index is -0.234. The summed E-state index contributed by atoms with van der Waals surface area (Å²) in [6.07, 6.45) is 4.95. The smallest absolute Gasteiger partial charge is 0.263 e. The van der Waals surface area contributed by atoms with Crippen molar-refractivity contribution in [1.82, 2.24) is 19.8 Å². The molecule has 4 rings (SSSR count). The lowest BCUT2D eigenvalue weighted by molar-refractivity contribution is 0.0707. The standard InChI is InChI=1S/C21H22N4O3S/c1-24(2)21(28)18-17(15-6-3-9-22-19(15)29-18)14-5-4-10-25(12-14)20(27)13-7-8-16(26)23-11-13/h3,6-9,11,14H,4-5,10,12H2,1-2H3,(H,23,26). The molecule has 1 aliphatic heterocycles. The van der Waals surface area contributed by atoms with E-state index in [1.54, 1.807) is 31.3 Å². The molecular weight excluding hydrogens is 388 g/mol. The predicted molar refractivity (Wildman–Crippen MR) is 113 cm³/mol. The van der Waals surface area contributed by atoms with E-state index in [9.17, 15) is 14.4 Å². The van der Waals surface area contributed by atoms with Crippen molar-refractivity contribution >= 4 is 33.4 Å². The van der Waals surface area contributed by atoms with Crippen molar-refractivity contribution in [2.75, 3.05) is 27.2 Å². The summed E-state index contributed by atoms with van der Waals surface area (Å²) in [5, 5.41) is 0.992. The van der Waals surface area contributed by atoms with E-state index < -0.39 is 0 Å². The van der Waals surface area contributed by atoms with Crippen LogP contribution in [0.3, 0.4) is 0 Å². The Hall–Kier alpha value is -3.00. The molecule has 0 aromatic carbocycles. The molecule has 0 bridgehead atoms. The van der Waals surface area contributed by atoms with Crippen LogP contribution in [0.4, 0.5) is 0 Å². The van der Waals surface area contributed by atoms with Crippen LogP contribution in [0.15, 0.2) is 41.5 Å². The largest absolute Gasteiger partial charge is 0.344 e. The summed E-state index contributed by atoms with van der Waals surface area (Å²) in [5.74, 6) is -0.0801. The Morgan fingerprint density at radius 3 is 2.83 bits per heavy atom. The monoisotopic (exact) mass is 410 g/mol. The first-order valence-electron chi connectivity index (χ1n) is 9.53. The van der Waals surface area contributed by atoms with Crippen molar-refractivity contribution in [3.63, 3.8) is 0 Å². The van der Waals surface area contributed by atoms with E-state index in [0.717, 1.165) is 28.6 Å². The summed E-state index contributed by atoms with van der Waals surface area (Å²) in [6.45, 7) is 1.19. The maximum atomic E-state index is 12.9. The van der Waals surface area contributed by atoms with E-state index in [4.69, 9.17) is 0 Å². The maximum absolute atomic E-state index is 12.9. The number of nitrogens with one attached hydrogen (secondary N) is 1. The molecule has 0 saturated carbocycles. The van der Waals surface area contributed by atoms with Crippen molar-refractivity contribution in [2.24, 2.45) is 0 Å². The summed E-state index contributed by atoms with van der Waals surface area (Å²) in [4.78, 5) is 49.0. The van der Waals surface area contributed by atoms with E-state index in [1.807, 2.05) is 17.0 Å². The van der Waals surface area contributed by atoms with Gasteiger partial charge in [0, 0.05) is 56.9 Å². The summed E-state index contributed by atoms with van der Waals surface area (Å²) in [5.41, 5.74) is 1.23. The lowest BCUT2D eigenvalue weighted by atomic mass is 9.88. The highest BCUT2D eigenvalue weighted by molar-refractivity contribution is 7.20. The Morgan fingerprint density at radius 1 is 1.28 bits per heavy atom. The van der Waals surface area contributed by atoms with Gasteiger partial charge in [-0.2, -0.15) is 0 Å². The van der Waals surface area contributed by atoms with E-state index in [2.05, 4.69) is 9.97 Å². The molecular formula is C21H22N4O3S. The molecule has 2 amide bonds. The number of aromatic amines is 1. The molecule has 1 aliphatic rings. The van der Waals surface area contributed by atoms with Gasteiger partial charge in [-0.1, -0.05) is 6.07 Å². The molecule has 29 heavy (non-hydrogen) atoms. The summed E-state index contributed by atoms with van der Waals surface area (Å²) in [6, 6.07) is 6.80. The summed E-state index contributed by atoms with van der Waals surface area (Å²) in [7, 11) is 3.49. The zero-order valence-corrected chi connectivity index (χ0v) is 17.2. The van der Waals surface area contributed by atoms with Crippen LogP contribution in [0.2, 0.25) is 0 Å². The van der Waals surface area contributed by atoms with Gasteiger partial charge in [0.25, 0.3) is 11.8 Å². The van der Waals surface area contributed by atoms with Crippen molar-refractivity contribution in [3.05, 3.63) is 63.0 Å². The number of aromatic nitrogens is 2. The number of carbonyl (C=O) groups excluding carboxylic acids is 2. The molecule has 1 saturated heterocycles. The minimum absolute atomic E-state index is 0.0351. The van der Waals surface area contributed by atoms with Crippen LogP contribution in [0.25, 0.3) is 10.2 Å². The third kappa shape index (κ3) is 3.67. The topological polar surface area (TPSA) is 86.4 Å². The summed E-state index contributed by atoms with van der Waals surface area (Å²) >= 11 is 1.42. The first-order valence-corrected chi connectivity index (χ1v) is 10.3.